The fraction of sp³-hybridized carbons (Fsp3) is 0.321. The van der Waals surface area contributed by atoms with Gasteiger partial charge in [-0.1, -0.05) is 28.9 Å². The number of rotatable bonds is 9. The monoisotopic (exact) mass is 569 g/mol. The van der Waals surface area contributed by atoms with E-state index >= 15 is 0 Å². The summed E-state index contributed by atoms with van der Waals surface area (Å²) >= 11 is 5.77. The maximum atomic E-state index is 14.6. The maximum Gasteiger partial charge on any atom is 0.251 e. The van der Waals surface area contributed by atoms with Gasteiger partial charge >= 0.3 is 0 Å². The van der Waals surface area contributed by atoms with Gasteiger partial charge in [0.2, 0.25) is 11.7 Å². The summed E-state index contributed by atoms with van der Waals surface area (Å²) in [6.07, 6.45) is 3.25. The molecule has 0 atom stereocenters. The van der Waals surface area contributed by atoms with Gasteiger partial charge in [-0.2, -0.15) is 4.98 Å². The molecule has 1 saturated carbocycles. The van der Waals surface area contributed by atoms with E-state index in [2.05, 4.69) is 25.7 Å². The topological polar surface area (TPSA) is 112 Å². The first-order valence-electron chi connectivity index (χ1n) is 12.8. The van der Waals surface area contributed by atoms with Crippen LogP contribution in [0.2, 0.25) is 5.15 Å². The molecular formula is C28H26ClF2N5O4. The first kappa shape index (κ1) is 27.4. The van der Waals surface area contributed by atoms with Crippen molar-refractivity contribution in [3.8, 4) is 23.0 Å². The normalized spacial score (nSPS) is 16.9. The lowest BCUT2D eigenvalue weighted by molar-refractivity contribution is 0.0941. The first-order valence-corrected chi connectivity index (χ1v) is 13.1. The summed E-state index contributed by atoms with van der Waals surface area (Å²) in [6.45, 7) is 0.353. The number of hydrogen-bond donors (Lipinski definition) is 1. The highest BCUT2D eigenvalue weighted by molar-refractivity contribution is 6.29. The Morgan fingerprint density at radius 1 is 1.05 bits per heavy atom. The highest BCUT2D eigenvalue weighted by Gasteiger charge is 2.27. The smallest absolute Gasteiger partial charge is 0.251 e. The van der Waals surface area contributed by atoms with Gasteiger partial charge in [-0.05, 0) is 73.6 Å². The molecule has 5 rings (SSSR count). The lowest BCUT2D eigenvalue weighted by atomic mass is 9.82. The van der Waals surface area contributed by atoms with E-state index in [1.165, 1.54) is 0 Å². The number of ether oxygens (including phenoxy) is 2. The number of nitrogens with one attached hydrogen (secondary N) is 1. The number of benzene rings is 2. The molecule has 4 aromatic rings. The molecule has 1 amide bonds. The standard InChI is InChI=1S/C28H26ClF2N5O4/c1-38-20-8-4-17(5-9-20)15-39-25-21(30)12-19(13-22(25)31)27(37)32-14-16-2-6-18(7-3-16)28-33-26(36-40-28)23-10-11-24(29)35-34-23/h4-5,8-13,16,18H,2-3,6-7,14-15H2,1H3,(H,32,37)/t16-,18-. The lowest BCUT2D eigenvalue weighted by Crippen LogP contribution is -2.31. The van der Waals surface area contributed by atoms with Crippen LogP contribution < -0.4 is 14.8 Å². The minimum atomic E-state index is -0.942. The van der Waals surface area contributed by atoms with E-state index in [-0.39, 0.29) is 29.2 Å². The zero-order valence-corrected chi connectivity index (χ0v) is 22.3. The summed E-state index contributed by atoms with van der Waals surface area (Å²) < 4.78 is 45.1. The highest BCUT2D eigenvalue weighted by atomic mass is 35.5. The van der Waals surface area contributed by atoms with Gasteiger partial charge < -0.3 is 19.3 Å². The van der Waals surface area contributed by atoms with E-state index in [4.69, 9.17) is 25.6 Å². The molecule has 0 saturated heterocycles. The number of nitrogens with zero attached hydrogens (tertiary/aromatic N) is 4. The lowest BCUT2D eigenvalue weighted by Gasteiger charge is -2.26. The Morgan fingerprint density at radius 3 is 2.42 bits per heavy atom. The van der Waals surface area contributed by atoms with Gasteiger partial charge in [0.15, 0.2) is 22.5 Å². The minimum absolute atomic E-state index is 0.0355. The molecule has 2 aromatic carbocycles. The average Bonchev–Trinajstić information content (AvgIpc) is 3.47. The Hall–Kier alpha value is -4.12. The zero-order chi connectivity index (χ0) is 28.1. The number of methoxy groups -OCH3 is 1. The molecule has 0 aliphatic heterocycles. The Labute approximate surface area is 233 Å². The molecule has 9 nitrogen and oxygen atoms in total. The molecule has 208 valence electrons. The van der Waals surface area contributed by atoms with Crippen molar-refractivity contribution in [2.75, 3.05) is 13.7 Å². The summed E-state index contributed by atoms with van der Waals surface area (Å²) in [7, 11) is 1.55. The Bertz CT molecular complexity index is 1440. The number of halogens is 3. The van der Waals surface area contributed by atoms with E-state index in [1.54, 1.807) is 43.5 Å². The van der Waals surface area contributed by atoms with Crippen LogP contribution in [0.1, 0.15) is 53.4 Å². The molecule has 1 aliphatic carbocycles. The third-order valence-electron chi connectivity index (χ3n) is 6.85. The van der Waals surface area contributed by atoms with Crippen molar-refractivity contribution >= 4 is 17.5 Å². The average molecular weight is 570 g/mol. The van der Waals surface area contributed by atoms with Crippen molar-refractivity contribution < 1.29 is 27.6 Å². The number of carbonyl (C=O) groups is 1. The van der Waals surface area contributed by atoms with Crippen LogP contribution >= 0.6 is 11.6 Å². The van der Waals surface area contributed by atoms with Crippen LogP contribution in [0.25, 0.3) is 11.5 Å². The molecule has 1 fully saturated rings. The van der Waals surface area contributed by atoms with Crippen LogP contribution in [0.3, 0.4) is 0 Å². The second-order valence-electron chi connectivity index (χ2n) is 9.53. The molecule has 2 heterocycles. The molecule has 1 aliphatic rings. The summed E-state index contributed by atoms with van der Waals surface area (Å²) in [5.74, 6) is -1.10. The predicted octanol–water partition coefficient (Wildman–Crippen LogP) is 5.75. The molecular weight excluding hydrogens is 544 g/mol. The molecule has 0 radical (unpaired) electrons. The predicted molar refractivity (Wildman–Crippen MR) is 141 cm³/mol. The second kappa shape index (κ2) is 12.4. The van der Waals surface area contributed by atoms with Crippen LogP contribution in [-0.4, -0.2) is 39.9 Å². The molecule has 12 heteroatoms. The Balaban J connectivity index is 1.10. The summed E-state index contributed by atoms with van der Waals surface area (Å²) in [6, 6.07) is 12.2. The van der Waals surface area contributed by atoms with Crippen molar-refractivity contribution in [3.63, 3.8) is 0 Å². The molecule has 0 bridgehead atoms. The van der Waals surface area contributed by atoms with Crippen LogP contribution in [-0.2, 0) is 6.61 Å². The van der Waals surface area contributed by atoms with E-state index in [1.807, 2.05) is 0 Å². The van der Waals surface area contributed by atoms with Crippen LogP contribution in [0, 0.1) is 17.6 Å². The van der Waals surface area contributed by atoms with Gasteiger partial charge in [-0.25, -0.2) is 8.78 Å². The van der Waals surface area contributed by atoms with E-state index in [0.29, 0.717) is 35.3 Å². The van der Waals surface area contributed by atoms with Crippen LogP contribution in [0.5, 0.6) is 11.5 Å². The van der Waals surface area contributed by atoms with Gasteiger partial charge in [-0.3, -0.25) is 4.79 Å². The summed E-state index contributed by atoms with van der Waals surface area (Å²) in [5.41, 5.74) is 1.08. The van der Waals surface area contributed by atoms with Crippen molar-refractivity contribution in [3.05, 3.63) is 82.3 Å². The summed E-state index contributed by atoms with van der Waals surface area (Å²) in [4.78, 5) is 17.1. The van der Waals surface area contributed by atoms with Gasteiger partial charge in [-0.15, -0.1) is 10.2 Å². The largest absolute Gasteiger partial charge is 0.497 e. The van der Waals surface area contributed by atoms with Crippen LogP contribution in [0.4, 0.5) is 8.78 Å². The number of hydrogen-bond acceptors (Lipinski definition) is 8. The number of aromatic nitrogens is 4. The number of amides is 1. The number of carbonyl (C=O) groups excluding carboxylic acids is 1. The second-order valence-corrected chi connectivity index (χ2v) is 9.92. The van der Waals surface area contributed by atoms with E-state index in [0.717, 1.165) is 37.8 Å². The minimum Gasteiger partial charge on any atom is -0.497 e. The summed E-state index contributed by atoms with van der Waals surface area (Å²) in [5, 5.41) is 14.8. The van der Waals surface area contributed by atoms with Gasteiger partial charge in [0, 0.05) is 18.0 Å². The maximum absolute atomic E-state index is 14.6. The van der Waals surface area contributed by atoms with Crippen molar-refractivity contribution in [2.24, 2.45) is 5.92 Å². The van der Waals surface area contributed by atoms with Gasteiger partial charge in [0.1, 0.15) is 18.1 Å². The molecule has 0 spiro atoms. The van der Waals surface area contributed by atoms with Crippen molar-refractivity contribution in [1.29, 1.82) is 0 Å². The highest BCUT2D eigenvalue weighted by Crippen LogP contribution is 2.35. The van der Waals surface area contributed by atoms with Gasteiger partial charge in [0.05, 0.1) is 7.11 Å². The molecule has 40 heavy (non-hydrogen) atoms. The quantitative estimate of drug-likeness (QED) is 0.271. The fourth-order valence-corrected chi connectivity index (χ4v) is 4.70. The Kier molecular flexibility index (Phi) is 8.49. The van der Waals surface area contributed by atoms with E-state index in [9.17, 15) is 13.6 Å². The molecule has 2 aromatic heterocycles. The zero-order valence-electron chi connectivity index (χ0n) is 21.6. The van der Waals surface area contributed by atoms with Crippen LogP contribution in [0.15, 0.2) is 53.1 Å². The third kappa shape index (κ3) is 6.53. The first-order chi connectivity index (χ1) is 19.4. The molecule has 0 unspecified atom stereocenters. The SMILES string of the molecule is COc1ccc(COc2c(F)cc(C(=O)NC[C@H]3CC[C@H](c4nc(-c5ccc(Cl)nn5)no4)CC3)cc2F)cc1. The fourth-order valence-electron chi connectivity index (χ4n) is 4.60. The van der Waals surface area contributed by atoms with Gasteiger partial charge in [0.25, 0.3) is 5.91 Å². The third-order valence-corrected chi connectivity index (χ3v) is 7.05. The van der Waals surface area contributed by atoms with Crippen molar-refractivity contribution in [2.45, 2.75) is 38.2 Å². The molecule has 1 N–H and O–H groups in total. The van der Waals surface area contributed by atoms with Crippen molar-refractivity contribution in [1.82, 2.24) is 25.7 Å². The Morgan fingerprint density at radius 2 is 1.77 bits per heavy atom. The van der Waals surface area contributed by atoms with E-state index < -0.39 is 23.3 Å².